The van der Waals surface area contributed by atoms with Gasteiger partial charge in [-0.15, -0.1) is 21.5 Å². The van der Waals surface area contributed by atoms with Crippen LogP contribution in [0.2, 0.25) is 0 Å². The molecule has 1 saturated heterocycles. The fourth-order valence-corrected chi connectivity index (χ4v) is 5.96. The molecule has 10 heteroatoms. The van der Waals surface area contributed by atoms with Gasteiger partial charge < -0.3 is 10.1 Å². The topological polar surface area (TPSA) is 76.1 Å². The Balaban J connectivity index is 1.67. The molecule has 0 amide bonds. The molecule has 1 N–H and O–H groups in total. The molecule has 0 spiro atoms. The molecule has 4 heterocycles. The van der Waals surface area contributed by atoms with Crippen molar-refractivity contribution in [2.24, 2.45) is 0 Å². The van der Waals surface area contributed by atoms with E-state index in [0.29, 0.717) is 0 Å². The molecule has 1 fully saturated rings. The molecular formula is C17H22N6OS3. The van der Waals surface area contributed by atoms with Crippen LogP contribution in [0.1, 0.15) is 23.2 Å². The lowest BCUT2D eigenvalue weighted by atomic mass is 10.2. The monoisotopic (exact) mass is 422 g/mol. The number of hydrogen-bond donors (Lipinski definition) is 1. The lowest BCUT2D eigenvalue weighted by molar-refractivity contribution is 0.0330. The third-order valence-electron chi connectivity index (χ3n) is 4.43. The first-order chi connectivity index (χ1) is 13.1. The van der Waals surface area contributed by atoms with Crippen LogP contribution in [0.25, 0.3) is 10.2 Å². The van der Waals surface area contributed by atoms with Gasteiger partial charge in [-0.1, -0.05) is 11.3 Å². The van der Waals surface area contributed by atoms with Crippen molar-refractivity contribution in [1.82, 2.24) is 25.1 Å². The molecule has 0 saturated carbocycles. The first kappa shape index (κ1) is 19.0. The number of morpholine rings is 1. The van der Waals surface area contributed by atoms with Gasteiger partial charge in [0.05, 0.1) is 19.8 Å². The summed E-state index contributed by atoms with van der Waals surface area (Å²) in [5, 5.41) is 14.7. The van der Waals surface area contributed by atoms with E-state index in [1.54, 1.807) is 34.4 Å². The number of anilines is 1. The molecule has 0 atom stereocenters. The number of aryl methyl sites for hydroxylation is 2. The van der Waals surface area contributed by atoms with E-state index in [0.717, 1.165) is 69.9 Å². The van der Waals surface area contributed by atoms with E-state index in [1.807, 2.05) is 0 Å². The third kappa shape index (κ3) is 4.24. The smallest absolute Gasteiger partial charge is 0.206 e. The predicted molar refractivity (Wildman–Crippen MR) is 111 cm³/mol. The number of thiophene rings is 1. The van der Waals surface area contributed by atoms with Crippen LogP contribution in [0.4, 0.5) is 5.13 Å². The Morgan fingerprint density at radius 1 is 1.15 bits per heavy atom. The number of aromatic nitrogens is 4. The van der Waals surface area contributed by atoms with E-state index in [2.05, 4.69) is 41.2 Å². The average molecular weight is 423 g/mol. The molecule has 0 aromatic carbocycles. The Bertz CT molecular complexity index is 934. The average Bonchev–Trinajstić information content (AvgIpc) is 3.20. The highest BCUT2D eigenvalue weighted by molar-refractivity contribution is 8.01. The van der Waals surface area contributed by atoms with Gasteiger partial charge in [-0.3, -0.25) is 4.90 Å². The molecule has 4 rings (SSSR count). The standard InChI is InChI=1S/C17H22N6OS3/c1-4-18-16-21-22-17(27-16)26-15-13-10(2)11(3)25-14(13)19-12(20-15)9-23-5-7-24-8-6-23/h4-9H2,1-3H3,(H,18,21). The van der Waals surface area contributed by atoms with Gasteiger partial charge in [0.25, 0.3) is 0 Å². The fourth-order valence-electron chi connectivity index (χ4n) is 2.92. The van der Waals surface area contributed by atoms with Gasteiger partial charge in [-0.2, -0.15) is 0 Å². The number of hydrogen-bond acceptors (Lipinski definition) is 10. The zero-order chi connectivity index (χ0) is 18.8. The van der Waals surface area contributed by atoms with Gasteiger partial charge in [-0.05, 0) is 38.1 Å². The molecular weight excluding hydrogens is 400 g/mol. The molecule has 3 aromatic rings. The summed E-state index contributed by atoms with van der Waals surface area (Å²) in [5.41, 5.74) is 1.26. The van der Waals surface area contributed by atoms with E-state index in [1.165, 1.54) is 10.4 Å². The second-order valence-corrected chi connectivity index (χ2v) is 9.72. The van der Waals surface area contributed by atoms with Gasteiger partial charge >= 0.3 is 0 Å². The summed E-state index contributed by atoms with van der Waals surface area (Å²) in [7, 11) is 0. The third-order valence-corrected chi connectivity index (χ3v) is 7.45. The maximum atomic E-state index is 5.45. The Morgan fingerprint density at radius 2 is 1.96 bits per heavy atom. The van der Waals surface area contributed by atoms with Crippen LogP contribution in [-0.4, -0.2) is 57.9 Å². The normalized spacial score (nSPS) is 15.5. The maximum Gasteiger partial charge on any atom is 0.206 e. The van der Waals surface area contributed by atoms with Crippen molar-refractivity contribution >= 4 is 49.8 Å². The van der Waals surface area contributed by atoms with Crippen molar-refractivity contribution < 1.29 is 4.74 Å². The quantitative estimate of drug-likeness (QED) is 0.604. The van der Waals surface area contributed by atoms with Crippen molar-refractivity contribution in [3.63, 3.8) is 0 Å². The van der Waals surface area contributed by atoms with Crippen molar-refractivity contribution in [2.75, 3.05) is 38.2 Å². The van der Waals surface area contributed by atoms with E-state index >= 15 is 0 Å². The van der Waals surface area contributed by atoms with Crippen LogP contribution in [-0.2, 0) is 11.3 Å². The highest BCUT2D eigenvalue weighted by atomic mass is 32.2. The highest BCUT2D eigenvalue weighted by Crippen LogP contribution is 2.39. The molecule has 0 aliphatic carbocycles. The van der Waals surface area contributed by atoms with Crippen LogP contribution >= 0.6 is 34.4 Å². The summed E-state index contributed by atoms with van der Waals surface area (Å²) in [6.07, 6.45) is 0. The Hall–Kier alpha value is -1.33. The van der Waals surface area contributed by atoms with Crippen LogP contribution in [0, 0.1) is 13.8 Å². The van der Waals surface area contributed by atoms with Crippen LogP contribution in [0.15, 0.2) is 9.37 Å². The first-order valence-electron chi connectivity index (χ1n) is 8.96. The molecule has 1 aliphatic rings. The van der Waals surface area contributed by atoms with Crippen LogP contribution in [0.3, 0.4) is 0 Å². The lowest BCUT2D eigenvalue weighted by Crippen LogP contribution is -2.36. The second kappa shape index (κ2) is 8.36. The minimum atomic E-state index is 0.752. The SMILES string of the molecule is CCNc1nnc(Sc2nc(CN3CCOCC3)nc3sc(C)c(C)c23)s1. The summed E-state index contributed by atoms with van der Waals surface area (Å²) >= 11 is 4.89. The number of nitrogens with one attached hydrogen (secondary N) is 1. The summed E-state index contributed by atoms with van der Waals surface area (Å²) in [5.74, 6) is 0.865. The van der Waals surface area contributed by atoms with Crippen molar-refractivity contribution in [1.29, 1.82) is 0 Å². The van der Waals surface area contributed by atoms with E-state index in [-0.39, 0.29) is 0 Å². The summed E-state index contributed by atoms with van der Waals surface area (Å²) < 4.78 is 6.34. The number of fused-ring (bicyclic) bond motifs is 1. The Morgan fingerprint density at radius 3 is 2.74 bits per heavy atom. The molecule has 0 unspecified atom stereocenters. The molecule has 27 heavy (non-hydrogen) atoms. The largest absolute Gasteiger partial charge is 0.379 e. The minimum Gasteiger partial charge on any atom is -0.379 e. The van der Waals surface area contributed by atoms with Crippen molar-refractivity contribution in [3.05, 3.63) is 16.3 Å². The zero-order valence-corrected chi connectivity index (χ0v) is 18.1. The molecule has 144 valence electrons. The molecule has 7 nitrogen and oxygen atoms in total. The molecule has 0 bridgehead atoms. The first-order valence-corrected chi connectivity index (χ1v) is 11.4. The van der Waals surface area contributed by atoms with E-state index in [9.17, 15) is 0 Å². The van der Waals surface area contributed by atoms with E-state index < -0.39 is 0 Å². The summed E-state index contributed by atoms with van der Waals surface area (Å²) in [6.45, 7) is 11.3. The highest BCUT2D eigenvalue weighted by Gasteiger charge is 2.19. The van der Waals surface area contributed by atoms with Gasteiger partial charge in [0.1, 0.15) is 15.7 Å². The van der Waals surface area contributed by atoms with Gasteiger partial charge in [0.2, 0.25) is 5.13 Å². The molecule has 1 aliphatic heterocycles. The van der Waals surface area contributed by atoms with Crippen LogP contribution < -0.4 is 5.32 Å². The minimum absolute atomic E-state index is 0.752. The summed E-state index contributed by atoms with van der Waals surface area (Å²) in [6, 6.07) is 0. The van der Waals surface area contributed by atoms with Gasteiger partial charge in [0, 0.05) is 29.9 Å². The molecule has 3 aromatic heterocycles. The predicted octanol–water partition coefficient (Wildman–Crippen LogP) is 3.57. The fraction of sp³-hybridized carbons (Fsp3) is 0.529. The van der Waals surface area contributed by atoms with Crippen LogP contribution in [0.5, 0.6) is 0 Å². The number of nitrogens with zero attached hydrogens (tertiary/aromatic N) is 5. The summed E-state index contributed by atoms with van der Waals surface area (Å²) in [4.78, 5) is 14.5. The van der Waals surface area contributed by atoms with Gasteiger partial charge in [-0.25, -0.2) is 9.97 Å². The number of ether oxygens (including phenoxy) is 1. The zero-order valence-electron chi connectivity index (χ0n) is 15.6. The van der Waals surface area contributed by atoms with E-state index in [4.69, 9.17) is 14.7 Å². The lowest BCUT2D eigenvalue weighted by Gasteiger charge is -2.25. The molecule has 0 radical (unpaired) electrons. The second-order valence-electron chi connectivity index (χ2n) is 6.30. The van der Waals surface area contributed by atoms with Crippen molar-refractivity contribution in [3.8, 4) is 0 Å². The Labute approximate surface area is 170 Å². The maximum absolute atomic E-state index is 5.45. The Kier molecular flexibility index (Phi) is 5.88. The van der Waals surface area contributed by atoms with Crippen molar-refractivity contribution in [2.45, 2.75) is 36.7 Å². The van der Waals surface area contributed by atoms with Gasteiger partial charge in [0.15, 0.2) is 4.34 Å². The number of rotatable bonds is 6.